The number of aromatic nitrogens is 1. The lowest BCUT2D eigenvalue weighted by atomic mass is 10.2. The fourth-order valence-corrected chi connectivity index (χ4v) is 2.79. The van der Waals surface area contributed by atoms with E-state index < -0.39 is 0 Å². The predicted molar refractivity (Wildman–Crippen MR) is 103 cm³/mol. The van der Waals surface area contributed by atoms with Crippen molar-refractivity contribution < 1.29 is 18.7 Å². The van der Waals surface area contributed by atoms with Crippen molar-refractivity contribution in [1.29, 1.82) is 0 Å². The third kappa shape index (κ3) is 3.78. The van der Waals surface area contributed by atoms with Gasteiger partial charge in [0.25, 0.3) is 0 Å². The van der Waals surface area contributed by atoms with Crippen LogP contribution >= 0.6 is 0 Å². The number of nitrogens with zero attached hydrogens (tertiary/aromatic N) is 1. The number of rotatable bonds is 6. The number of aliphatic hydroxyl groups excluding tert-OH is 1. The van der Waals surface area contributed by atoms with Gasteiger partial charge in [0.2, 0.25) is 5.89 Å². The fraction of sp³-hybridized carbons (Fsp3) is 0.136. The summed E-state index contributed by atoms with van der Waals surface area (Å²) in [5.74, 6) is 2.71. The Hall–Kier alpha value is -3.31. The summed E-state index contributed by atoms with van der Waals surface area (Å²) in [6, 6.07) is 17.4. The highest BCUT2D eigenvalue weighted by molar-refractivity contribution is 5.81. The zero-order chi connectivity index (χ0) is 18.6. The third-order valence-corrected chi connectivity index (χ3v) is 4.19. The maximum atomic E-state index is 8.86. The maximum absolute atomic E-state index is 8.86. The lowest BCUT2D eigenvalue weighted by Gasteiger charge is -2.04. The van der Waals surface area contributed by atoms with Crippen LogP contribution in [0.1, 0.15) is 17.2 Å². The molecule has 2 heterocycles. The van der Waals surface area contributed by atoms with E-state index in [0.717, 1.165) is 28.0 Å². The Bertz CT molecular complexity index is 1080. The molecule has 4 rings (SSSR count). The number of oxazole rings is 1. The molecule has 0 aliphatic heterocycles. The van der Waals surface area contributed by atoms with Crippen LogP contribution in [0.3, 0.4) is 0 Å². The topological polar surface area (TPSA) is 68.6 Å². The van der Waals surface area contributed by atoms with Crippen molar-refractivity contribution in [2.24, 2.45) is 0 Å². The number of hydrogen-bond acceptors (Lipinski definition) is 5. The van der Waals surface area contributed by atoms with Crippen molar-refractivity contribution in [1.82, 2.24) is 4.98 Å². The van der Waals surface area contributed by atoms with Gasteiger partial charge in [-0.3, -0.25) is 0 Å². The summed E-state index contributed by atoms with van der Waals surface area (Å²) < 4.78 is 17.4. The normalized spacial score (nSPS) is 11.5. The molecular formula is C22H19NO4. The first kappa shape index (κ1) is 17.1. The first-order valence-electron chi connectivity index (χ1n) is 8.68. The van der Waals surface area contributed by atoms with Gasteiger partial charge in [-0.25, -0.2) is 4.98 Å². The molecule has 5 heteroatoms. The minimum absolute atomic E-state index is 0.0204. The molecule has 0 unspecified atom stereocenters. The monoisotopic (exact) mass is 361 g/mol. The van der Waals surface area contributed by atoms with E-state index in [4.69, 9.17) is 18.7 Å². The number of benzene rings is 2. The van der Waals surface area contributed by atoms with Gasteiger partial charge in [0.1, 0.15) is 35.2 Å². The molecule has 0 atom stereocenters. The Morgan fingerprint density at radius 2 is 1.93 bits per heavy atom. The SMILES string of the molecule is Cc1oc(-c2ccccc2)nc1COc1ccc2cc(/C=C/CO)oc2c1. The van der Waals surface area contributed by atoms with Gasteiger partial charge in [-0.1, -0.05) is 24.3 Å². The molecule has 5 nitrogen and oxygen atoms in total. The molecule has 0 saturated carbocycles. The van der Waals surface area contributed by atoms with Gasteiger partial charge in [-0.05, 0) is 43.3 Å². The fourth-order valence-electron chi connectivity index (χ4n) is 2.79. The number of aliphatic hydroxyl groups is 1. The average Bonchev–Trinajstić information content (AvgIpc) is 3.28. The van der Waals surface area contributed by atoms with E-state index in [0.29, 0.717) is 24.0 Å². The van der Waals surface area contributed by atoms with Gasteiger partial charge in [0.15, 0.2) is 0 Å². The van der Waals surface area contributed by atoms with Gasteiger partial charge < -0.3 is 18.7 Å². The highest BCUT2D eigenvalue weighted by Gasteiger charge is 2.12. The quantitative estimate of drug-likeness (QED) is 0.524. The molecule has 136 valence electrons. The maximum Gasteiger partial charge on any atom is 0.226 e. The van der Waals surface area contributed by atoms with Crippen LogP contribution in [0.25, 0.3) is 28.5 Å². The van der Waals surface area contributed by atoms with Crippen LogP contribution in [0, 0.1) is 6.92 Å². The highest BCUT2D eigenvalue weighted by atomic mass is 16.5. The van der Waals surface area contributed by atoms with Crippen LogP contribution in [-0.2, 0) is 6.61 Å². The third-order valence-electron chi connectivity index (χ3n) is 4.19. The molecule has 2 aromatic heterocycles. The van der Waals surface area contributed by atoms with Crippen molar-refractivity contribution in [3.63, 3.8) is 0 Å². The van der Waals surface area contributed by atoms with Gasteiger partial charge in [0, 0.05) is 17.0 Å². The summed E-state index contributed by atoms with van der Waals surface area (Å²) in [5.41, 5.74) is 2.43. The van der Waals surface area contributed by atoms with E-state index in [9.17, 15) is 0 Å². The summed E-state index contributed by atoms with van der Waals surface area (Å²) in [6.45, 7) is 2.17. The second-order valence-corrected chi connectivity index (χ2v) is 6.11. The average molecular weight is 361 g/mol. The van der Waals surface area contributed by atoms with Gasteiger partial charge in [-0.2, -0.15) is 0 Å². The first-order valence-corrected chi connectivity index (χ1v) is 8.68. The Balaban J connectivity index is 1.50. The van der Waals surface area contributed by atoms with Crippen LogP contribution in [0.15, 0.2) is 69.5 Å². The van der Waals surface area contributed by atoms with Crippen LogP contribution in [-0.4, -0.2) is 16.7 Å². The second-order valence-electron chi connectivity index (χ2n) is 6.11. The van der Waals surface area contributed by atoms with E-state index in [1.54, 1.807) is 12.2 Å². The Kier molecular flexibility index (Phi) is 4.77. The Morgan fingerprint density at radius 1 is 1.07 bits per heavy atom. The van der Waals surface area contributed by atoms with E-state index >= 15 is 0 Å². The zero-order valence-corrected chi connectivity index (χ0v) is 14.9. The second kappa shape index (κ2) is 7.51. The molecular weight excluding hydrogens is 342 g/mol. The van der Waals surface area contributed by atoms with Gasteiger partial charge >= 0.3 is 0 Å². The van der Waals surface area contributed by atoms with E-state index in [1.807, 2.05) is 61.5 Å². The van der Waals surface area contributed by atoms with Gasteiger partial charge in [-0.15, -0.1) is 0 Å². The molecule has 0 bridgehead atoms. The minimum Gasteiger partial charge on any atom is -0.487 e. The Labute approximate surface area is 156 Å². The molecule has 0 spiro atoms. The van der Waals surface area contributed by atoms with Gasteiger partial charge in [0.05, 0.1) is 6.61 Å². The molecule has 2 aromatic carbocycles. The summed E-state index contributed by atoms with van der Waals surface area (Å²) in [5, 5.41) is 9.84. The number of furan rings is 1. The van der Waals surface area contributed by atoms with Crippen molar-refractivity contribution in [2.75, 3.05) is 6.61 Å². The van der Waals surface area contributed by atoms with Crippen LogP contribution in [0.2, 0.25) is 0 Å². The first-order chi connectivity index (χ1) is 13.2. The summed E-state index contributed by atoms with van der Waals surface area (Å²) >= 11 is 0. The molecule has 0 aliphatic rings. The van der Waals surface area contributed by atoms with Crippen molar-refractivity contribution in [3.05, 3.63) is 77.9 Å². The van der Waals surface area contributed by atoms with Crippen molar-refractivity contribution >= 4 is 17.0 Å². The summed E-state index contributed by atoms with van der Waals surface area (Å²) in [7, 11) is 0. The van der Waals surface area contributed by atoms with E-state index in [1.165, 1.54) is 0 Å². The smallest absolute Gasteiger partial charge is 0.226 e. The lowest BCUT2D eigenvalue weighted by Crippen LogP contribution is -1.97. The molecule has 4 aromatic rings. The van der Waals surface area contributed by atoms with Crippen LogP contribution in [0.5, 0.6) is 5.75 Å². The predicted octanol–water partition coefficient (Wildman–Crippen LogP) is 4.98. The molecule has 1 N–H and O–H groups in total. The van der Waals surface area contributed by atoms with Crippen LogP contribution < -0.4 is 4.74 Å². The highest BCUT2D eigenvalue weighted by Crippen LogP contribution is 2.26. The molecule has 0 amide bonds. The number of ether oxygens (including phenoxy) is 1. The van der Waals surface area contributed by atoms with Crippen molar-refractivity contribution in [2.45, 2.75) is 13.5 Å². The van der Waals surface area contributed by atoms with Crippen molar-refractivity contribution in [3.8, 4) is 17.2 Å². The van der Waals surface area contributed by atoms with E-state index in [2.05, 4.69) is 4.98 Å². The largest absolute Gasteiger partial charge is 0.487 e. The Morgan fingerprint density at radius 3 is 2.74 bits per heavy atom. The standard InChI is InChI=1S/C22H19NO4/c1-15-20(23-22(26-15)16-6-3-2-4-7-16)14-25-18-10-9-17-12-19(8-5-11-24)27-21(17)13-18/h2-10,12-13,24H,11,14H2,1H3/b8-5+. The van der Waals surface area contributed by atoms with E-state index in [-0.39, 0.29) is 6.61 Å². The molecule has 0 saturated heterocycles. The molecule has 0 radical (unpaired) electrons. The molecule has 27 heavy (non-hydrogen) atoms. The van der Waals surface area contributed by atoms with Crippen LogP contribution in [0.4, 0.5) is 0 Å². The number of fused-ring (bicyclic) bond motifs is 1. The summed E-state index contributed by atoms with van der Waals surface area (Å²) in [6.07, 6.45) is 3.37. The molecule has 0 fully saturated rings. The minimum atomic E-state index is -0.0204. The zero-order valence-electron chi connectivity index (χ0n) is 14.9. The number of hydrogen-bond donors (Lipinski definition) is 1. The number of aryl methyl sites for hydroxylation is 1. The summed E-state index contributed by atoms with van der Waals surface area (Å²) in [4.78, 5) is 4.55. The molecule has 0 aliphatic carbocycles. The lowest BCUT2D eigenvalue weighted by molar-refractivity contribution is 0.299.